The van der Waals surface area contributed by atoms with Gasteiger partial charge < -0.3 is 33.7 Å². The molecule has 2 unspecified atom stereocenters. The zero-order valence-corrected chi connectivity index (χ0v) is 24.4. The summed E-state index contributed by atoms with van der Waals surface area (Å²) in [5.41, 5.74) is 1.40. The lowest BCUT2D eigenvalue weighted by Gasteiger charge is -2.40. The van der Waals surface area contributed by atoms with Gasteiger partial charge in [0, 0.05) is 35.2 Å². The molecule has 0 saturated carbocycles. The number of aliphatic hydroxyl groups is 1. The zero-order chi connectivity index (χ0) is 29.9. The summed E-state index contributed by atoms with van der Waals surface area (Å²) < 4.78 is 29.0. The number of nitrogens with zero attached hydrogens (tertiary/aromatic N) is 4. The highest BCUT2D eigenvalue weighted by Crippen LogP contribution is 2.52. The van der Waals surface area contributed by atoms with Gasteiger partial charge in [0.1, 0.15) is 18.8 Å². The Morgan fingerprint density at radius 2 is 1.69 bits per heavy atom. The fourth-order valence-corrected chi connectivity index (χ4v) is 5.41. The Morgan fingerprint density at radius 1 is 0.952 bits per heavy atom. The molecule has 3 heterocycles. The molecular weight excluding hydrogens is 536 g/mol. The van der Waals surface area contributed by atoms with Crippen molar-refractivity contribution in [3.8, 4) is 35.2 Å². The topological polar surface area (TPSA) is 119 Å². The number of fused-ring (bicyclic) bond motifs is 2. The van der Waals surface area contributed by atoms with E-state index in [4.69, 9.17) is 28.7 Å². The van der Waals surface area contributed by atoms with E-state index in [-0.39, 0.29) is 0 Å². The Balaban J connectivity index is 1.87. The molecule has 218 valence electrons. The van der Waals surface area contributed by atoms with Crippen molar-refractivity contribution in [2.75, 3.05) is 55.2 Å². The van der Waals surface area contributed by atoms with Gasteiger partial charge in [0.2, 0.25) is 17.6 Å². The van der Waals surface area contributed by atoms with Crippen LogP contribution in [0.5, 0.6) is 29.1 Å². The lowest BCUT2D eigenvalue weighted by molar-refractivity contribution is 0.00214. The van der Waals surface area contributed by atoms with Crippen molar-refractivity contribution >= 4 is 10.9 Å². The molecule has 2 aromatic heterocycles. The first-order chi connectivity index (χ1) is 20.3. The van der Waals surface area contributed by atoms with Gasteiger partial charge >= 0.3 is 0 Å². The molecule has 0 amide bonds. The highest BCUT2D eigenvalue weighted by atomic mass is 16.6. The molecule has 10 heteroatoms. The van der Waals surface area contributed by atoms with Crippen molar-refractivity contribution in [3.05, 3.63) is 76.9 Å². The largest absolute Gasteiger partial charge is 0.486 e. The summed E-state index contributed by atoms with van der Waals surface area (Å²) in [6.07, 6.45) is 0.297. The minimum absolute atomic E-state index is 0.295. The van der Waals surface area contributed by atoms with Crippen molar-refractivity contribution in [2.24, 2.45) is 0 Å². The first-order valence-corrected chi connectivity index (χ1v) is 13.6. The molecule has 10 nitrogen and oxygen atoms in total. The molecule has 0 fully saturated rings. The van der Waals surface area contributed by atoms with Crippen LogP contribution in [0.1, 0.15) is 34.6 Å². The maximum absolute atomic E-state index is 13.1. The number of nitriles is 1. The molecule has 0 spiro atoms. The lowest BCUT2D eigenvalue weighted by Crippen LogP contribution is -2.38. The summed E-state index contributed by atoms with van der Waals surface area (Å²) in [6, 6.07) is 18.5. The number of ether oxygens (including phenoxy) is 5. The van der Waals surface area contributed by atoms with Crippen LogP contribution in [0.2, 0.25) is 0 Å². The molecular formula is C32H34N4O6. The van der Waals surface area contributed by atoms with Gasteiger partial charge in [-0.15, -0.1) is 0 Å². The summed E-state index contributed by atoms with van der Waals surface area (Å²) >= 11 is 0. The van der Waals surface area contributed by atoms with Gasteiger partial charge in [0.05, 0.1) is 44.4 Å². The van der Waals surface area contributed by atoms with Crippen molar-refractivity contribution in [3.63, 3.8) is 0 Å². The average Bonchev–Trinajstić information content (AvgIpc) is 3.03. The highest BCUT2D eigenvalue weighted by Gasteiger charge is 2.45. The lowest BCUT2D eigenvalue weighted by atomic mass is 9.71. The normalized spacial score (nSPS) is 14.6. The smallest absolute Gasteiger partial charge is 0.217 e. The molecule has 0 bridgehead atoms. The van der Waals surface area contributed by atoms with E-state index in [0.717, 1.165) is 5.39 Å². The Hall–Kier alpha value is -4.59. The number of rotatable bonds is 10. The molecule has 1 aliphatic heterocycles. The first kappa shape index (κ1) is 28.9. The van der Waals surface area contributed by atoms with Crippen LogP contribution in [-0.4, -0.2) is 75.2 Å². The van der Waals surface area contributed by atoms with Gasteiger partial charge in [-0.3, -0.25) is 0 Å². The molecule has 42 heavy (non-hydrogen) atoms. The summed E-state index contributed by atoms with van der Waals surface area (Å²) in [7, 11) is 8.49. The predicted octanol–water partition coefficient (Wildman–Crippen LogP) is 4.27. The van der Waals surface area contributed by atoms with Gasteiger partial charge in [-0.1, -0.05) is 12.1 Å². The van der Waals surface area contributed by atoms with Gasteiger partial charge in [0.25, 0.3) is 0 Å². The van der Waals surface area contributed by atoms with Gasteiger partial charge in [-0.05, 0) is 56.4 Å². The van der Waals surface area contributed by atoms with E-state index >= 15 is 0 Å². The second kappa shape index (κ2) is 12.1. The second-order valence-electron chi connectivity index (χ2n) is 10.3. The van der Waals surface area contributed by atoms with Crippen LogP contribution in [0, 0.1) is 11.3 Å². The zero-order valence-electron chi connectivity index (χ0n) is 24.4. The van der Waals surface area contributed by atoms with Crippen molar-refractivity contribution in [1.29, 1.82) is 5.26 Å². The Bertz CT molecular complexity index is 1610. The second-order valence-corrected chi connectivity index (χ2v) is 10.3. The molecule has 2 atom stereocenters. The van der Waals surface area contributed by atoms with E-state index < -0.39 is 11.5 Å². The van der Waals surface area contributed by atoms with Crippen LogP contribution in [0.4, 0.5) is 0 Å². The standard InChI is InChI=1S/C32H34N4O6/c1-36(2)12-11-32(37,22-17-27(38-3)35-28(18-22)39-4)29(23-7-6-8-26-30(23)42-14-13-41-26)24-16-21-15-20(19-33)9-10-25(21)34-31(24)40-5/h6-10,15-18,29,37H,11-14H2,1-5H3. The molecule has 0 radical (unpaired) electrons. The third-order valence-electron chi connectivity index (χ3n) is 7.46. The van der Waals surface area contributed by atoms with Crippen LogP contribution in [0.25, 0.3) is 10.9 Å². The van der Waals surface area contributed by atoms with Gasteiger partial charge in [-0.2, -0.15) is 10.2 Å². The van der Waals surface area contributed by atoms with E-state index in [1.807, 2.05) is 43.3 Å². The molecule has 1 aliphatic rings. The maximum Gasteiger partial charge on any atom is 0.217 e. The summed E-state index contributed by atoms with van der Waals surface area (Å²) in [4.78, 5) is 11.2. The number of hydrogen-bond donors (Lipinski definition) is 1. The Morgan fingerprint density at radius 3 is 2.36 bits per heavy atom. The molecule has 0 saturated heterocycles. The van der Waals surface area contributed by atoms with Crippen molar-refractivity contribution in [2.45, 2.75) is 17.9 Å². The summed E-state index contributed by atoms with van der Waals surface area (Å²) in [5.74, 6) is 1.28. The predicted molar refractivity (Wildman–Crippen MR) is 157 cm³/mol. The van der Waals surface area contributed by atoms with E-state index in [0.29, 0.717) is 83.1 Å². The fourth-order valence-electron chi connectivity index (χ4n) is 5.41. The third kappa shape index (κ3) is 5.49. The van der Waals surface area contributed by atoms with Crippen LogP contribution < -0.4 is 23.7 Å². The van der Waals surface area contributed by atoms with E-state index in [1.165, 1.54) is 14.2 Å². The third-order valence-corrected chi connectivity index (χ3v) is 7.46. The van der Waals surface area contributed by atoms with Crippen LogP contribution in [0.15, 0.2) is 54.6 Å². The number of aromatic nitrogens is 2. The van der Waals surface area contributed by atoms with Gasteiger partial charge in [0.15, 0.2) is 11.5 Å². The first-order valence-electron chi connectivity index (χ1n) is 13.6. The van der Waals surface area contributed by atoms with E-state index in [2.05, 4.69) is 11.1 Å². The molecule has 2 aromatic carbocycles. The van der Waals surface area contributed by atoms with Crippen molar-refractivity contribution in [1.82, 2.24) is 14.9 Å². The maximum atomic E-state index is 13.1. The molecule has 0 aliphatic carbocycles. The monoisotopic (exact) mass is 570 g/mol. The average molecular weight is 571 g/mol. The number of pyridine rings is 2. The quantitative estimate of drug-likeness (QED) is 0.296. The Kier molecular flexibility index (Phi) is 8.34. The number of benzene rings is 2. The number of para-hydroxylation sites is 1. The highest BCUT2D eigenvalue weighted by molar-refractivity contribution is 5.82. The van der Waals surface area contributed by atoms with Crippen LogP contribution in [0.3, 0.4) is 0 Å². The minimum atomic E-state index is -1.58. The van der Waals surface area contributed by atoms with Crippen molar-refractivity contribution < 1.29 is 28.8 Å². The summed E-state index contributed by atoms with van der Waals surface area (Å²) in [6.45, 7) is 1.32. The van der Waals surface area contributed by atoms with Crippen LogP contribution in [-0.2, 0) is 5.60 Å². The fraction of sp³-hybridized carbons (Fsp3) is 0.344. The SMILES string of the molecule is COc1cc(C(O)(CCN(C)C)C(c2cc3cc(C#N)ccc3nc2OC)c2cccc3c2OCCO3)cc(OC)n1. The molecule has 1 N–H and O–H groups in total. The number of methoxy groups -OCH3 is 3. The number of hydrogen-bond acceptors (Lipinski definition) is 10. The Labute approximate surface area is 245 Å². The van der Waals surface area contributed by atoms with Gasteiger partial charge in [-0.25, -0.2) is 4.98 Å². The molecule has 4 aromatic rings. The van der Waals surface area contributed by atoms with E-state index in [1.54, 1.807) is 37.4 Å². The van der Waals surface area contributed by atoms with E-state index in [9.17, 15) is 10.4 Å². The summed E-state index contributed by atoms with van der Waals surface area (Å²) in [5, 5.41) is 23.5. The molecule has 5 rings (SSSR count). The van der Waals surface area contributed by atoms with Crippen LogP contribution >= 0.6 is 0 Å². The minimum Gasteiger partial charge on any atom is -0.486 e.